The van der Waals surface area contributed by atoms with Crippen molar-refractivity contribution in [2.24, 2.45) is 0 Å². The van der Waals surface area contributed by atoms with E-state index in [0.717, 1.165) is 11.6 Å². The predicted molar refractivity (Wildman–Crippen MR) is 78.3 cm³/mol. The van der Waals surface area contributed by atoms with Crippen LogP contribution in [0.25, 0.3) is 0 Å². The van der Waals surface area contributed by atoms with E-state index in [-0.39, 0.29) is 23.7 Å². The molecule has 5 nitrogen and oxygen atoms in total. The fourth-order valence-electron chi connectivity index (χ4n) is 2.05. The second-order valence-corrected chi connectivity index (χ2v) is 4.78. The highest BCUT2D eigenvalue weighted by molar-refractivity contribution is 5.95. The van der Waals surface area contributed by atoms with Gasteiger partial charge in [0.1, 0.15) is 11.5 Å². The molecule has 0 spiro atoms. The summed E-state index contributed by atoms with van der Waals surface area (Å²) in [5.74, 6) is -0.844. The lowest BCUT2D eigenvalue weighted by atomic mass is 10.1. The second-order valence-electron chi connectivity index (χ2n) is 4.78. The predicted octanol–water partition coefficient (Wildman–Crippen LogP) is 1.43. The highest BCUT2D eigenvalue weighted by Gasteiger charge is 2.14. The normalized spacial score (nSPS) is 11.9. The van der Waals surface area contributed by atoms with Crippen LogP contribution in [-0.4, -0.2) is 33.9 Å². The van der Waals surface area contributed by atoms with Gasteiger partial charge in [-0.3, -0.25) is 4.79 Å². The summed E-state index contributed by atoms with van der Waals surface area (Å²) in [6.07, 6.45) is 0.494. The van der Waals surface area contributed by atoms with Crippen LogP contribution in [0.2, 0.25) is 0 Å². The molecule has 0 saturated heterocycles. The number of carbonyl (C=O) groups excluding carboxylic acids is 1. The molecule has 0 radical (unpaired) electrons. The average molecular weight is 287 g/mol. The van der Waals surface area contributed by atoms with E-state index in [9.17, 15) is 20.1 Å². The lowest BCUT2D eigenvalue weighted by Gasteiger charge is -2.16. The molecule has 0 aliphatic carbocycles. The summed E-state index contributed by atoms with van der Waals surface area (Å²) < 4.78 is 0. The first-order valence-corrected chi connectivity index (χ1v) is 6.57. The summed E-state index contributed by atoms with van der Waals surface area (Å²) in [5.41, 5.74) is 1.13. The van der Waals surface area contributed by atoms with Crippen LogP contribution < -0.4 is 5.32 Å². The van der Waals surface area contributed by atoms with Gasteiger partial charge in [-0.25, -0.2) is 0 Å². The van der Waals surface area contributed by atoms with Gasteiger partial charge >= 0.3 is 0 Å². The van der Waals surface area contributed by atoms with Crippen molar-refractivity contribution in [2.45, 2.75) is 12.5 Å². The minimum absolute atomic E-state index is 0.138. The monoisotopic (exact) mass is 287 g/mol. The minimum atomic E-state index is -0.462. The average Bonchev–Trinajstić information content (AvgIpc) is 2.46. The summed E-state index contributed by atoms with van der Waals surface area (Å²) in [4.78, 5) is 12.1. The van der Waals surface area contributed by atoms with Crippen LogP contribution in [0.3, 0.4) is 0 Å². The molecule has 1 atom stereocenters. The first-order valence-electron chi connectivity index (χ1n) is 6.57. The Bertz CT molecular complexity index is 593. The van der Waals surface area contributed by atoms with Gasteiger partial charge in [-0.2, -0.15) is 0 Å². The number of hydrogen-bond acceptors (Lipinski definition) is 4. The molecule has 0 heterocycles. The van der Waals surface area contributed by atoms with Gasteiger partial charge in [0.25, 0.3) is 5.91 Å². The molecule has 0 aliphatic heterocycles. The molecule has 2 aromatic rings. The highest BCUT2D eigenvalue weighted by Crippen LogP contribution is 2.20. The summed E-state index contributed by atoms with van der Waals surface area (Å²) in [5, 5.41) is 30.8. The number of phenols is 2. The van der Waals surface area contributed by atoms with E-state index in [2.05, 4.69) is 5.32 Å². The maximum atomic E-state index is 12.1. The molecule has 21 heavy (non-hydrogen) atoms. The fourth-order valence-corrected chi connectivity index (χ4v) is 2.05. The Morgan fingerprint density at radius 3 is 2.24 bits per heavy atom. The first-order chi connectivity index (χ1) is 10.1. The van der Waals surface area contributed by atoms with E-state index >= 15 is 0 Å². The Labute approximate surface area is 122 Å². The number of rotatable bonds is 5. The third-order valence-electron chi connectivity index (χ3n) is 3.05. The minimum Gasteiger partial charge on any atom is -0.508 e. The topological polar surface area (TPSA) is 89.8 Å². The zero-order chi connectivity index (χ0) is 15.2. The van der Waals surface area contributed by atoms with Gasteiger partial charge in [0, 0.05) is 11.6 Å². The van der Waals surface area contributed by atoms with Gasteiger partial charge in [-0.15, -0.1) is 0 Å². The molecule has 1 amide bonds. The van der Waals surface area contributed by atoms with Gasteiger partial charge in [-0.1, -0.05) is 30.3 Å². The summed E-state index contributed by atoms with van der Waals surface area (Å²) >= 11 is 0. The number of nitrogens with one attached hydrogen (secondary N) is 1. The van der Waals surface area contributed by atoms with Gasteiger partial charge in [0.05, 0.1) is 12.6 Å². The van der Waals surface area contributed by atoms with Crippen molar-refractivity contribution in [3.05, 3.63) is 59.7 Å². The van der Waals surface area contributed by atoms with Crippen molar-refractivity contribution < 1.29 is 20.1 Å². The van der Waals surface area contributed by atoms with E-state index in [1.807, 2.05) is 30.3 Å². The Hall–Kier alpha value is -2.53. The van der Waals surface area contributed by atoms with Gasteiger partial charge in [0.2, 0.25) is 0 Å². The second kappa shape index (κ2) is 6.76. The molecule has 2 rings (SSSR count). The Morgan fingerprint density at radius 2 is 1.67 bits per heavy atom. The van der Waals surface area contributed by atoms with E-state index in [0.29, 0.717) is 6.42 Å². The molecular weight excluding hydrogens is 270 g/mol. The lowest BCUT2D eigenvalue weighted by molar-refractivity contribution is 0.0915. The third-order valence-corrected chi connectivity index (χ3v) is 3.05. The smallest absolute Gasteiger partial charge is 0.251 e. The van der Waals surface area contributed by atoms with Crippen LogP contribution in [-0.2, 0) is 6.42 Å². The van der Waals surface area contributed by atoms with Crippen LogP contribution in [0.4, 0.5) is 0 Å². The lowest BCUT2D eigenvalue weighted by Crippen LogP contribution is -2.39. The summed E-state index contributed by atoms with van der Waals surface area (Å²) in [6.45, 7) is -0.203. The van der Waals surface area contributed by atoms with Crippen molar-refractivity contribution in [1.82, 2.24) is 5.32 Å². The molecule has 0 fully saturated rings. The van der Waals surface area contributed by atoms with Crippen LogP contribution in [0.1, 0.15) is 15.9 Å². The summed E-state index contributed by atoms with van der Waals surface area (Å²) in [6, 6.07) is 12.7. The number of benzene rings is 2. The van der Waals surface area contributed by atoms with Crippen LogP contribution in [0.15, 0.2) is 48.5 Å². The van der Waals surface area contributed by atoms with Crippen LogP contribution >= 0.6 is 0 Å². The van der Waals surface area contributed by atoms with Crippen molar-refractivity contribution in [3.8, 4) is 11.5 Å². The molecular formula is C16H17NO4. The maximum absolute atomic E-state index is 12.1. The van der Waals surface area contributed by atoms with Crippen molar-refractivity contribution in [2.75, 3.05) is 6.61 Å². The number of phenolic OH excluding ortho intramolecular Hbond substituents is 2. The molecule has 2 aromatic carbocycles. The fraction of sp³-hybridized carbons (Fsp3) is 0.188. The van der Waals surface area contributed by atoms with Crippen LogP contribution in [0, 0.1) is 0 Å². The number of carbonyl (C=O) groups is 1. The van der Waals surface area contributed by atoms with E-state index in [4.69, 9.17) is 0 Å². The Morgan fingerprint density at radius 1 is 1.05 bits per heavy atom. The van der Waals surface area contributed by atoms with Crippen molar-refractivity contribution >= 4 is 5.91 Å². The SMILES string of the molecule is O=C(NC(CO)Cc1ccccc1)c1cc(O)cc(O)c1. The van der Waals surface area contributed by atoms with Crippen molar-refractivity contribution in [1.29, 1.82) is 0 Å². The Balaban J connectivity index is 2.05. The van der Waals surface area contributed by atoms with E-state index in [1.165, 1.54) is 12.1 Å². The van der Waals surface area contributed by atoms with Gasteiger partial charge in [-0.05, 0) is 24.1 Å². The first kappa shape index (κ1) is 14.9. The van der Waals surface area contributed by atoms with Crippen LogP contribution in [0.5, 0.6) is 11.5 Å². The Kier molecular flexibility index (Phi) is 4.79. The van der Waals surface area contributed by atoms with Gasteiger partial charge < -0.3 is 20.6 Å². The number of aliphatic hydroxyl groups is 1. The summed E-state index contributed by atoms with van der Waals surface area (Å²) in [7, 11) is 0. The van der Waals surface area contributed by atoms with E-state index in [1.54, 1.807) is 0 Å². The largest absolute Gasteiger partial charge is 0.508 e. The molecule has 1 unspecified atom stereocenters. The number of amides is 1. The number of aromatic hydroxyl groups is 2. The molecule has 4 N–H and O–H groups in total. The molecule has 110 valence electrons. The molecule has 0 bridgehead atoms. The molecule has 5 heteroatoms. The molecule has 0 aromatic heterocycles. The highest BCUT2D eigenvalue weighted by atomic mass is 16.3. The molecule has 0 aliphatic rings. The van der Waals surface area contributed by atoms with Gasteiger partial charge in [0.15, 0.2) is 0 Å². The maximum Gasteiger partial charge on any atom is 0.251 e. The zero-order valence-corrected chi connectivity index (χ0v) is 11.4. The number of aliphatic hydroxyl groups excluding tert-OH is 1. The van der Waals surface area contributed by atoms with Crippen molar-refractivity contribution in [3.63, 3.8) is 0 Å². The standard InChI is InChI=1S/C16H17NO4/c18-10-13(6-11-4-2-1-3-5-11)17-16(21)12-7-14(19)9-15(20)8-12/h1-5,7-9,13,18-20H,6,10H2,(H,17,21). The third kappa shape index (κ3) is 4.22. The van der Waals surface area contributed by atoms with E-state index < -0.39 is 11.9 Å². The quantitative estimate of drug-likeness (QED) is 0.669. The number of hydrogen-bond donors (Lipinski definition) is 4. The molecule has 0 saturated carbocycles. The zero-order valence-electron chi connectivity index (χ0n) is 11.4.